The van der Waals surface area contributed by atoms with Gasteiger partial charge >= 0.3 is 0 Å². The van der Waals surface area contributed by atoms with Gasteiger partial charge in [-0.05, 0) is 55.7 Å². The zero-order chi connectivity index (χ0) is 21.8. The van der Waals surface area contributed by atoms with Crippen molar-refractivity contribution in [3.8, 4) is 0 Å². The van der Waals surface area contributed by atoms with Gasteiger partial charge in [-0.3, -0.25) is 0 Å². The predicted octanol–water partition coefficient (Wildman–Crippen LogP) is 5.88. The van der Waals surface area contributed by atoms with Crippen molar-refractivity contribution < 1.29 is 8.42 Å². The molecule has 0 aliphatic carbocycles. The number of para-hydroxylation sites is 2. The number of hydrogen-bond donors (Lipinski definition) is 1. The van der Waals surface area contributed by atoms with Crippen LogP contribution in [0.25, 0.3) is 21.8 Å². The zero-order valence-electron chi connectivity index (χ0n) is 17.8. The van der Waals surface area contributed by atoms with E-state index in [-0.39, 0.29) is 0 Å². The molecule has 4 nitrogen and oxygen atoms in total. The molecule has 0 unspecified atom stereocenters. The quantitative estimate of drug-likeness (QED) is 0.389. The Morgan fingerprint density at radius 3 is 2.32 bits per heavy atom. The minimum atomic E-state index is -3.75. The van der Waals surface area contributed by atoms with Crippen LogP contribution in [0.1, 0.15) is 27.9 Å². The van der Waals surface area contributed by atoms with Crippen molar-refractivity contribution >= 4 is 31.8 Å². The molecule has 0 amide bonds. The first-order chi connectivity index (χ1) is 14.9. The molecule has 5 rings (SSSR count). The molecule has 0 fully saturated rings. The predicted molar refractivity (Wildman–Crippen MR) is 126 cm³/mol. The summed E-state index contributed by atoms with van der Waals surface area (Å²) in [6, 6.07) is 21.0. The van der Waals surface area contributed by atoms with E-state index in [1.54, 1.807) is 12.1 Å². The lowest BCUT2D eigenvalue weighted by Crippen LogP contribution is -2.16. The second kappa shape index (κ2) is 7.13. The van der Waals surface area contributed by atoms with Crippen molar-refractivity contribution in [3.05, 3.63) is 101 Å². The number of fused-ring (bicyclic) bond motifs is 2. The molecular formula is C26H24N2O2S. The van der Waals surface area contributed by atoms with Crippen LogP contribution in [0.5, 0.6) is 0 Å². The minimum absolute atomic E-state index is 0.301. The summed E-state index contributed by atoms with van der Waals surface area (Å²) in [5.41, 5.74) is 6.89. The summed E-state index contributed by atoms with van der Waals surface area (Å²) in [6.07, 6.45) is 2.52. The van der Waals surface area contributed by atoms with Gasteiger partial charge in [0.05, 0.1) is 10.4 Å². The van der Waals surface area contributed by atoms with E-state index in [0.29, 0.717) is 16.8 Å². The number of H-pyrrole nitrogens is 1. The van der Waals surface area contributed by atoms with Gasteiger partial charge < -0.3 is 4.98 Å². The van der Waals surface area contributed by atoms with Gasteiger partial charge in [0.1, 0.15) is 0 Å². The van der Waals surface area contributed by atoms with Crippen LogP contribution in [0.15, 0.2) is 77.8 Å². The van der Waals surface area contributed by atoms with Crippen molar-refractivity contribution in [2.75, 3.05) is 0 Å². The summed E-state index contributed by atoms with van der Waals surface area (Å²) in [7, 11) is -3.75. The van der Waals surface area contributed by atoms with Crippen LogP contribution in [-0.4, -0.2) is 17.4 Å². The summed E-state index contributed by atoms with van der Waals surface area (Å²) in [5.74, 6) is 0. The third-order valence-electron chi connectivity index (χ3n) is 6.13. The van der Waals surface area contributed by atoms with Crippen LogP contribution in [0.3, 0.4) is 0 Å². The largest absolute Gasteiger partial charge is 0.361 e. The van der Waals surface area contributed by atoms with Crippen molar-refractivity contribution in [2.45, 2.75) is 32.1 Å². The van der Waals surface area contributed by atoms with E-state index in [2.05, 4.69) is 24.0 Å². The summed E-state index contributed by atoms with van der Waals surface area (Å²) in [4.78, 5) is 3.67. The highest BCUT2D eigenvalue weighted by Crippen LogP contribution is 2.33. The Morgan fingerprint density at radius 2 is 1.55 bits per heavy atom. The molecule has 0 spiro atoms. The third kappa shape index (κ3) is 3.08. The molecule has 0 aliphatic heterocycles. The molecule has 156 valence electrons. The summed E-state index contributed by atoms with van der Waals surface area (Å²) < 4.78 is 29.1. The molecule has 5 heteroatoms. The number of rotatable bonds is 4. The Morgan fingerprint density at radius 1 is 0.839 bits per heavy atom. The van der Waals surface area contributed by atoms with Crippen LogP contribution in [0.4, 0.5) is 0 Å². The molecule has 0 aliphatic rings. The lowest BCUT2D eigenvalue weighted by atomic mass is 10.0. The highest BCUT2D eigenvalue weighted by molar-refractivity contribution is 7.90. The van der Waals surface area contributed by atoms with Gasteiger partial charge in [-0.15, -0.1) is 0 Å². The van der Waals surface area contributed by atoms with Crippen molar-refractivity contribution in [2.24, 2.45) is 0 Å². The Kier molecular flexibility index (Phi) is 4.52. The van der Waals surface area contributed by atoms with E-state index < -0.39 is 10.0 Å². The third-order valence-corrected chi connectivity index (χ3v) is 7.90. The average Bonchev–Trinajstić information content (AvgIpc) is 3.29. The van der Waals surface area contributed by atoms with Gasteiger partial charge in [0.25, 0.3) is 10.0 Å². The normalized spacial score (nSPS) is 12.1. The fourth-order valence-corrected chi connectivity index (χ4v) is 6.01. The highest BCUT2D eigenvalue weighted by atomic mass is 32.2. The van der Waals surface area contributed by atoms with Gasteiger partial charge in [-0.25, -0.2) is 12.4 Å². The molecule has 0 radical (unpaired) electrons. The number of aromatic amines is 1. The van der Waals surface area contributed by atoms with E-state index in [0.717, 1.165) is 38.7 Å². The Balaban J connectivity index is 1.76. The van der Waals surface area contributed by atoms with Crippen molar-refractivity contribution in [3.63, 3.8) is 0 Å². The first-order valence-electron chi connectivity index (χ1n) is 10.3. The van der Waals surface area contributed by atoms with Gasteiger partial charge in [0.2, 0.25) is 0 Å². The number of nitrogens with zero attached hydrogens (tertiary/aromatic N) is 1. The van der Waals surface area contributed by atoms with Gasteiger partial charge in [-0.2, -0.15) is 0 Å². The van der Waals surface area contributed by atoms with Crippen molar-refractivity contribution in [1.82, 2.24) is 8.96 Å². The Bertz CT molecular complexity index is 1540. The topological polar surface area (TPSA) is 54.9 Å². The standard InChI is InChI=1S/C26H24N2O2S/c1-17-11-13-21(14-12-17)31(29,30)28-24-10-5-4-8-22(24)19(3)25(28)15-20-16-27-26-18(2)7-6-9-23(20)26/h4-14,16,27H,15H2,1-3H3. The highest BCUT2D eigenvalue weighted by Gasteiger charge is 2.26. The van der Waals surface area contributed by atoms with Gasteiger partial charge in [0, 0.05) is 34.6 Å². The van der Waals surface area contributed by atoms with Crippen molar-refractivity contribution in [1.29, 1.82) is 0 Å². The molecule has 3 aromatic carbocycles. The first kappa shape index (κ1) is 19.6. The van der Waals surface area contributed by atoms with Gasteiger partial charge in [-0.1, -0.05) is 54.1 Å². The van der Waals surface area contributed by atoms with Crippen LogP contribution in [0, 0.1) is 20.8 Å². The minimum Gasteiger partial charge on any atom is -0.361 e. The van der Waals surface area contributed by atoms with Crippen LogP contribution < -0.4 is 0 Å². The van der Waals surface area contributed by atoms with E-state index in [1.807, 2.05) is 62.5 Å². The van der Waals surface area contributed by atoms with Crippen LogP contribution in [0.2, 0.25) is 0 Å². The second-order valence-corrected chi connectivity index (χ2v) is 9.95. The molecular weight excluding hydrogens is 404 g/mol. The smallest absolute Gasteiger partial charge is 0.268 e. The maximum atomic E-state index is 13.8. The fourth-order valence-electron chi connectivity index (χ4n) is 4.41. The second-order valence-electron chi connectivity index (χ2n) is 8.16. The molecule has 5 aromatic rings. The number of hydrogen-bond acceptors (Lipinski definition) is 2. The number of aryl methyl sites for hydroxylation is 3. The van der Waals surface area contributed by atoms with E-state index in [4.69, 9.17) is 0 Å². The SMILES string of the molecule is Cc1ccc(S(=O)(=O)n2c(Cc3c[nH]c4c(C)cccc34)c(C)c3ccccc32)cc1. The molecule has 2 aromatic heterocycles. The first-order valence-corrected chi connectivity index (χ1v) is 11.8. The number of nitrogens with one attached hydrogen (secondary N) is 1. The molecule has 0 saturated heterocycles. The maximum Gasteiger partial charge on any atom is 0.268 e. The molecule has 0 bridgehead atoms. The lowest BCUT2D eigenvalue weighted by Gasteiger charge is -2.13. The van der Waals surface area contributed by atoms with E-state index >= 15 is 0 Å². The monoisotopic (exact) mass is 428 g/mol. The van der Waals surface area contributed by atoms with E-state index in [1.165, 1.54) is 9.54 Å². The average molecular weight is 429 g/mol. The molecule has 0 atom stereocenters. The lowest BCUT2D eigenvalue weighted by molar-refractivity contribution is 0.587. The Hall–Kier alpha value is -3.31. The fraction of sp³-hybridized carbons (Fsp3) is 0.154. The number of benzene rings is 3. The zero-order valence-corrected chi connectivity index (χ0v) is 18.6. The molecule has 2 heterocycles. The summed E-state index contributed by atoms with van der Waals surface area (Å²) in [6.45, 7) is 6.04. The molecule has 1 N–H and O–H groups in total. The molecule has 0 saturated carbocycles. The van der Waals surface area contributed by atoms with Crippen LogP contribution in [-0.2, 0) is 16.4 Å². The Labute approximate surface area is 182 Å². The summed E-state index contributed by atoms with van der Waals surface area (Å²) >= 11 is 0. The molecule has 31 heavy (non-hydrogen) atoms. The summed E-state index contributed by atoms with van der Waals surface area (Å²) in [5, 5.41) is 2.09. The number of aromatic nitrogens is 2. The van der Waals surface area contributed by atoms with Gasteiger partial charge in [0.15, 0.2) is 0 Å². The van der Waals surface area contributed by atoms with E-state index in [9.17, 15) is 8.42 Å². The maximum absolute atomic E-state index is 13.8. The van der Waals surface area contributed by atoms with Crippen LogP contribution >= 0.6 is 0 Å².